The smallest absolute Gasteiger partial charge is 0.113 e. The van der Waals surface area contributed by atoms with Gasteiger partial charge in [-0.1, -0.05) is 0 Å². The third-order valence-corrected chi connectivity index (χ3v) is 2.92. The quantitative estimate of drug-likeness (QED) is 0.777. The van der Waals surface area contributed by atoms with Gasteiger partial charge in [-0.2, -0.15) is 0 Å². The van der Waals surface area contributed by atoms with Crippen molar-refractivity contribution in [1.82, 2.24) is 14.9 Å². The van der Waals surface area contributed by atoms with E-state index in [2.05, 4.69) is 34.9 Å². The molecule has 0 amide bonds. The maximum absolute atomic E-state index is 4.48. The van der Waals surface area contributed by atoms with Gasteiger partial charge in [0.2, 0.25) is 0 Å². The van der Waals surface area contributed by atoms with Gasteiger partial charge < -0.3 is 9.88 Å². The van der Waals surface area contributed by atoms with E-state index in [9.17, 15) is 0 Å². The summed E-state index contributed by atoms with van der Waals surface area (Å²) in [5, 5.41) is 3.44. The topological polar surface area (TPSA) is 29.9 Å². The number of hydrogen-bond acceptors (Lipinski definition) is 2. The molecule has 0 aliphatic carbocycles. The molecule has 1 aliphatic heterocycles. The van der Waals surface area contributed by atoms with Crippen molar-refractivity contribution in [2.75, 3.05) is 13.1 Å². The van der Waals surface area contributed by atoms with Crippen LogP contribution < -0.4 is 5.32 Å². The fourth-order valence-electron chi connectivity index (χ4n) is 2.15. The molecule has 0 radical (unpaired) electrons. The molecule has 1 saturated heterocycles. The first-order valence-electron chi connectivity index (χ1n) is 5.52. The highest BCUT2D eigenvalue weighted by Gasteiger charge is 2.20. The van der Waals surface area contributed by atoms with Crippen LogP contribution in [-0.4, -0.2) is 22.6 Å². The van der Waals surface area contributed by atoms with Crippen molar-refractivity contribution in [1.29, 1.82) is 0 Å². The van der Waals surface area contributed by atoms with Crippen LogP contribution in [0.4, 0.5) is 0 Å². The Bertz CT molecular complexity index is 284. The highest BCUT2D eigenvalue weighted by molar-refractivity contribution is 5.03. The fraction of sp³-hybridized carbons (Fsp3) is 0.727. The molecule has 14 heavy (non-hydrogen) atoms. The lowest BCUT2D eigenvalue weighted by Gasteiger charge is -2.24. The van der Waals surface area contributed by atoms with E-state index in [-0.39, 0.29) is 0 Å². The molecule has 3 nitrogen and oxygen atoms in total. The first-order chi connectivity index (χ1) is 6.79. The molecular weight excluding hydrogens is 174 g/mol. The van der Waals surface area contributed by atoms with Crippen LogP contribution in [0.25, 0.3) is 0 Å². The summed E-state index contributed by atoms with van der Waals surface area (Å²) in [5.74, 6) is 1.87. The molecule has 2 rings (SSSR count). The number of hydrogen-bond donors (Lipinski definition) is 1. The molecule has 1 N–H and O–H groups in total. The standard InChI is InChI=1S/C11H19N3/c1-9(2)14-7-6-13-11(14)10-4-3-5-12-8-10/h6-7,9-10,12H,3-5,8H2,1-2H3/t10-/m0/s1. The van der Waals surface area contributed by atoms with Crippen molar-refractivity contribution >= 4 is 0 Å². The highest BCUT2D eigenvalue weighted by Crippen LogP contribution is 2.23. The van der Waals surface area contributed by atoms with Gasteiger partial charge in [0.1, 0.15) is 5.82 Å². The predicted octanol–water partition coefficient (Wildman–Crippen LogP) is 1.93. The van der Waals surface area contributed by atoms with E-state index >= 15 is 0 Å². The summed E-state index contributed by atoms with van der Waals surface area (Å²) < 4.78 is 2.29. The summed E-state index contributed by atoms with van der Waals surface area (Å²) in [6, 6.07) is 0.523. The van der Waals surface area contributed by atoms with Crippen LogP contribution in [0.1, 0.15) is 44.5 Å². The lowest BCUT2D eigenvalue weighted by molar-refractivity contribution is 0.422. The second-order valence-electron chi connectivity index (χ2n) is 4.33. The summed E-state index contributed by atoms with van der Waals surface area (Å²) in [5.41, 5.74) is 0. The van der Waals surface area contributed by atoms with Crippen LogP contribution in [0.3, 0.4) is 0 Å². The van der Waals surface area contributed by atoms with Crippen LogP contribution in [0.2, 0.25) is 0 Å². The predicted molar refractivity (Wildman–Crippen MR) is 57.5 cm³/mol. The molecule has 1 atom stereocenters. The molecule has 0 aromatic carbocycles. The highest BCUT2D eigenvalue weighted by atomic mass is 15.1. The van der Waals surface area contributed by atoms with Gasteiger partial charge in [0.15, 0.2) is 0 Å². The second kappa shape index (κ2) is 4.13. The van der Waals surface area contributed by atoms with Gasteiger partial charge in [-0.05, 0) is 33.2 Å². The number of aromatic nitrogens is 2. The van der Waals surface area contributed by atoms with Crippen LogP contribution in [0, 0.1) is 0 Å². The van der Waals surface area contributed by atoms with E-state index in [0.717, 1.165) is 6.54 Å². The lowest BCUT2D eigenvalue weighted by atomic mass is 9.98. The summed E-state index contributed by atoms with van der Waals surface area (Å²) in [4.78, 5) is 4.48. The third-order valence-electron chi connectivity index (χ3n) is 2.92. The van der Waals surface area contributed by atoms with Gasteiger partial charge in [-0.25, -0.2) is 4.98 Å². The largest absolute Gasteiger partial charge is 0.332 e. The normalized spacial score (nSPS) is 22.9. The summed E-state index contributed by atoms with van der Waals surface area (Å²) >= 11 is 0. The molecular formula is C11H19N3. The van der Waals surface area contributed by atoms with Crippen LogP contribution in [-0.2, 0) is 0 Å². The van der Waals surface area contributed by atoms with Gasteiger partial charge in [-0.15, -0.1) is 0 Å². The van der Waals surface area contributed by atoms with Crippen molar-refractivity contribution in [3.05, 3.63) is 18.2 Å². The molecule has 1 aromatic rings. The Morgan fingerprint density at radius 2 is 2.43 bits per heavy atom. The average Bonchev–Trinajstić information content (AvgIpc) is 2.67. The number of rotatable bonds is 2. The molecule has 1 aromatic heterocycles. The Balaban J connectivity index is 2.17. The maximum atomic E-state index is 4.48. The zero-order valence-corrected chi connectivity index (χ0v) is 9.03. The molecule has 1 fully saturated rings. The van der Waals surface area contributed by atoms with Crippen molar-refractivity contribution in [2.45, 2.75) is 38.6 Å². The maximum Gasteiger partial charge on any atom is 0.113 e. The van der Waals surface area contributed by atoms with Gasteiger partial charge in [-0.3, -0.25) is 0 Å². The molecule has 1 aliphatic rings. The Morgan fingerprint density at radius 1 is 1.57 bits per heavy atom. The fourth-order valence-corrected chi connectivity index (χ4v) is 2.15. The SMILES string of the molecule is CC(C)n1ccnc1[C@H]1CCCNC1. The van der Waals surface area contributed by atoms with E-state index in [4.69, 9.17) is 0 Å². The van der Waals surface area contributed by atoms with Gasteiger partial charge >= 0.3 is 0 Å². The first-order valence-corrected chi connectivity index (χ1v) is 5.52. The molecule has 0 bridgehead atoms. The zero-order valence-electron chi connectivity index (χ0n) is 9.03. The van der Waals surface area contributed by atoms with Gasteiger partial charge in [0.05, 0.1) is 0 Å². The number of piperidine rings is 1. The summed E-state index contributed by atoms with van der Waals surface area (Å²) in [6.07, 6.45) is 6.56. The van der Waals surface area contributed by atoms with Crippen LogP contribution in [0.15, 0.2) is 12.4 Å². The Morgan fingerprint density at radius 3 is 3.07 bits per heavy atom. The monoisotopic (exact) mass is 193 g/mol. The second-order valence-corrected chi connectivity index (χ2v) is 4.33. The molecule has 2 heterocycles. The number of nitrogens with one attached hydrogen (secondary N) is 1. The lowest BCUT2D eigenvalue weighted by Crippen LogP contribution is -2.30. The summed E-state index contributed by atoms with van der Waals surface area (Å²) in [6.45, 7) is 6.67. The van der Waals surface area contributed by atoms with E-state index < -0.39 is 0 Å². The Hall–Kier alpha value is -0.830. The van der Waals surface area contributed by atoms with E-state index in [1.165, 1.54) is 25.2 Å². The number of imidazole rings is 1. The van der Waals surface area contributed by atoms with E-state index in [1.807, 2.05) is 6.20 Å². The average molecular weight is 193 g/mol. The van der Waals surface area contributed by atoms with E-state index in [1.54, 1.807) is 0 Å². The first kappa shape index (κ1) is 9.71. The van der Waals surface area contributed by atoms with E-state index in [0.29, 0.717) is 12.0 Å². The minimum atomic E-state index is 0.523. The van der Waals surface area contributed by atoms with Gasteiger partial charge in [0, 0.05) is 30.9 Å². The molecule has 3 heteroatoms. The third kappa shape index (κ3) is 1.82. The minimum Gasteiger partial charge on any atom is -0.332 e. The van der Waals surface area contributed by atoms with Gasteiger partial charge in [0.25, 0.3) is 0 Å². The molecule has 78 valence electrons. The molecule has 0 spiro atoms. The van der Waals surface area contributed by atoms with Crippen molar-refractivity contribution in [2.24, 2.45) is 0 Å². The molecule has 0 unspecified atom stereocenters. The van der Waals surface area contributed by atoms with Crippen LogP contribution in [0.5, 0.6) is 0 Å². The minimum absolute atomic E-state index is 0.523. The molecule has 0 saturated carbocycles. The Kier molecular flexibility index (Phi) is 2.87. The number of nitrogens with zero attached hydrogens (tertiary/aromatic N) is 2. The Labute approximate surface area is 85.5 Å². The van der Waals surface area contributed by atoms with Crippen molar-refractivity contribution in [3.63, 3.8) is 0 Å². The summed E-state index contributed by atoms with van der Waals surface area (Å²) in [7, 11) is 0. The van der Waals surface area contributed by atoms with Crippen LogP contribution >= 0.6 is 0 Å². The zero-order chi connectivity index (χ0) is 9.97. The van der Waals surface area contributed by atoms with Crippen molar-refractivity contribution in [3.8, 4) is 0 Å². The van der Waals surface area contributed by atoms with Crippen molar-refractivity contribution < 1.29 is 0 Å².